The van der Waals surface area contributed by atoms with Crippen molar-refractivity contribution in [3.63, 3.8) is 0 Å². The molecule has 0 saturated carbocycles. The number of nitrogens with zero attached hydrogens (tertiary/aromatic N) is 2. The molecule has 4 aromatic carbocycles. The lowest BCUT2D eigenvalue weighted by molar-refractivity contribution is -0.157. The summed E-state index contributed by atoms with van der Waals surface area (Å²) >= 11 is 0. The summed E-state index contributed by atoms with van der Waals surface area (Å²) in [5, 5.41) is 9.42. The zero-order chi connectivity index (χ0) is 31.7. The number of carbonyl (C=O) groups excluding carboxylic acids is 1. The van der Waals surface area contributed by atoms with Gasteiger partial charge in [-0.25, -0.2) is 0 Å². The van der Waals surface area contributed by atoms with Gasteiger partial charge in [-0.3, -0.25) is 9.69 Å². The van der Waals surface area contributed by atoms with Gasteiger partial charge in [0, 0.05) is 45.1 Å². The Hall–Kier alpha value is -4.63. The summed E-state index contributed by atoms with van der Waals surface area (Å²) in [6.45, 7) is 4.18. The predicted molar refractivity (Wildman–Crippen MR) is 177 cm³/mol. The fourth-order valence-electron chi connectivity index (χ4n) is 7.15. The van der Waals surface area contributed by atoms with Crippen molar-refractivity contribution in [2.45, 2.75) is 44.8 Å². The van der Waals surface area contributed by atoms with E-state index in [0.717, 1.165) is 48.7 Å². The Morgan fingerprint density at radius 2 is 1.60 bits per heavy atom. The van der Waals surface area contributed by atoms with Gasteiger partial charge in [0.2, 0.25) is 13.1 Å². The number of fused-ring (bicyclic) bond motifs is 4. The van der Waals surface area contributed by atoms with Crippen molar-refractivity contribution in [1.29, 1.82) is 0 Å². The second-order valence-electron chi connectivity index (χ2n) is 12.7. The number of benzene rings is 4. The molecule has 4 aromatic rings. The lowest BCUT2D eigenvalue weighted by Gasteiger charge is -2.37. The molecule has 240 valence electrons. The van der Waals surface area contributed by atoms with Crippen LogP contribution in [0.4, 0.5) is 0 Å². The first-order valence-electron chi connectivity index (χ1n) is 16.4. The second kappa shape index (κ2) is 12.9. The van der Waals surface area contributed by atoms with Gasteiger partial charge in [0.1, 0.15) is 0 Å². The molecule has 3 heterocycles. The molecular weight excluding hydrogens is 592 g/mol. The number of hydrogen-bond acceptors (Lipinski definition) is 7. The fourth-order valence-corrected chi connectivity index (χ4v) is 7.15. The van der Waals surface area contributed by atoms with Crippen LogP contribution in [0.1, 0.15) is 45.7 Å². The first-order chi connectivity index (χ1) is 23.1. The molecule has 4 aliphatic rings. The van der Waals surface area contributed by atoms with E-state index in [0.29, 0.717) is 31.9 Å². The molecule has 8 nitrogen and oxygen atoms in total. The van der Waals surface area contributed by atoms with Gasteiger partial charge in [0.25, 0.3) is 5.91 Å². The molecule has 1 saturated heterocycles. The second-order valence-corrected chi connectivity index (χ2v) is 12.7. The SMILES string of the molecule is O=C(C1=C[C@H](c2cccc3c2Cc2ccccc2-3)C[C@H](OCc2ccc(CO)cc2)O1)N1CCN(Cc2ccc3c(c2)OCO3)CC1. The van der Waals surface area contributed by atoms with E-state index in [1.165, 1.54) is 33.4 Å². The van der Waals surface area contributed by atoms with Gasteiger partial charge in [0.15, 0.2) is 17.3 Å². The first-order valence-corrected chi connectivity index (χ1v) is 16.4. The maximum absolute atomic E-state index is 14.0. The van der Waals surface area contributed by atoms with Gasteiger partial charge < -0.3 is 29.0 Å². The Kier molecular flexibility index (Phi) is 8.15. The molecule has 1 aliphatic carbocycles. The van der Waals surface area contributed by atoms with E-state index in [-0.39, 0.29) is 25.2 Å². The minimum absolute atomic E-state index is 0.00274. The largest absolute Gasteiger partial charge is 0.459 e. The number of amides is 1. The molecule has 1 N–H and O–H groups in total. The third-order valence-corrected chi connectivity index (χ3v) is 9.70. The summed E-state index contributed by atoms with van der Waals surface area (Å²) in [7, 11) is 0. The number of aliphatic hydroxyl groups is 1. The van der Waals surface area contributed by atoms with E-state index in [4.69, 9.17) is 18.9 Å². The number of piperazine rings is 1. The monoisotopic (exact) mass is 630 g/mol. The minimum Gasteiger partial charge on any atom is -0.459 e. The Labute approximate surface area is 274 Å². The number of allylic oxidation sites excluding steroid dienone is 1. The average Bonchev–Trinajstić information content (AvgIpc) is 3.75. The highest BCUT2D eigenvalue weighted by atomic mass is 16.7. The smallest absolute Gasteiger partial charge is 0.288 e. The predicted octanol–water partition coefficient (Wildman–Crippen LogP) is 5.75. The quantitative estimate of drug-likeness (QED) is 0.234. The molecular formula is C39H38N2O6. The van der Waals surface area contributed by atoms with Crippen LogP contribution >= 0.6 is 0 Å². The summed E-state index contributed by atoms with van der Waals surface area (Å²) in [4.78, 5) is 18.3. The highest BCUT2D eigenvalue weighted by molar-refractivity contribution is 5.92. The Bertz CT molecular complexity index is 1810. The van der Waals surface area contributed by atoms with E-state index < -0.39 is 6.29 Å². The van der Waals surface area contributed by atoms with Crippen LogP contribution in [0.3, 0.4) is 0 Å². The van der Waals surface area contributed by atoms with Crippen LogP contribution in [0, 0.1) is 0 Å². The van der Waals surface area contributed by atoms with E-state index in [1.54, 1.807) is 0 Å². The molecule has 1 amide bonds. The minimum atomic E-state index is -0.576. The standard InChI is InChI=1S/C39H38N2O6/c42-23-26-8-10-27(11-9-26)24-44-38-21-30(32-6-3-7-33-31-5-2-1-4-29(31)19-34(32)33)20-37(47-38)39(43)41-16-14-40(15-17-41)22-28-12-13-35-36(18-28)46-25-45-35/h1-13,18,20,30,38,42H,14-17,19,21-25H2/t30-,38+/m0/s1. The highest BCUT2D eigenvalue weighted by Crippen LogP contribution is 2.43. The van der Waals surface area contributed by atoms with E-state index in [9.17, 15) is 9.90 Å². The summed E-state index contributed by atoms with van der Waals surface area (Å²) < 4.78 is 23.7. The Morgan fingerprint density at radius 3 is 2.45 bits per heavy atom. The van der Waals surface area contributed by atoms with Gasteiger partial charge in [-0.2, -0.15) is 0 Å². The molecule has 3 aliphatic heterocycles. The van der Waals surface area contributed by atoms with Crippen molar-refractivity contribution < 1.29 is 28.8 Å². The summed E-state index contributed by atoms with van der Waals surface area (Å²) in [5.41, 5.74) is 9.44. The van der Waals surface area contributed by atoms with Crippen molar-refractivity contribution in [3.8, 4) is 22.6 Å². The van der Waals surface area contributed by atoms with E-state index in [1.807, 2.05) is 47.4 Å². The molecule has 0 spiro atoms. The molecule has 8 rings (SSSR count). The van der Waals surface area contributed by atoms with Crippen LogP contribution in [-0.4, -0.2) is 60.1 Å². The van der Waals surface area contributed by atoms with E-state index in [2.05, 4.69) is 53.4 Å². The van der Waals surface area contributed by atoms with Crippen molar-refractivity contribution in [2.75, 3.05) is 33.0 Å². The first kappa shape index (κ1) is 29.8. The lowest BCUT2D eigenvalue weighted by atomic mass is 9.87. The number of carbonyl (C=O) groups is 1. The maximum Gasteiger partial charge on any atom is 0.288 e. The molecule has 1 fully saturated rings. The van der Waals surface area contributed by atoms with Crippen molar-refractivity contribution in [2.24, 2.45) is 0 Å². The number of hydrogen-bond donors (Lipinski definition) is 1. The van der Waals surface area contributed by atoms with Crippen LogP contribution < -0.4 is 9.47 Å². The summed E-state index contributed by atoms with van der Waals surface area (Å²) in [6, 6.07) is 28.9. The van der Waals surface area contributed by atoms with Crippen molar-refractivity contribution >= 4 is 5.91 Å². The molecule has 0 unspecified atom stereocenters. The van der Waals surface area contributed by atoms with Gasteiger partial charge in [-0.05, 0) is 69.1 Å². The van der Waals surface area contributed by atoms with Gasteiger partial charge in [-0.15, -0.1) is 0 Å². The van der Waals surface area contributed by atoms with E-state index >= 15 is 0 Å². The molecule has 0 radical (unpaired) electrons. The fraction of sp³-hybridized carbons (Fsp3) is 0.308. The highest BCUT2D eigenvalue weighted by Gasteiger charge is 2.34. The number of aliphatic hydroxyl groups excluding tert-OH is 1. The maximum atomic E-state index is 14.0. The number of ether oxygens (including phenoxy) is 4. The molecule has 0 bridgehead atoms. The van der Waals surface area contributed by atoms with Crippen molar-refractivity contribution in [1.82, 2.24) is 9.80 Å². The molecule has 8 heteroatoms. The normalized spacial score (nSPS) is 19.9. The van der Waals surface area contributed by atoms with Crippen LogP contribution in [0.25, 0.3) is 11.1 Å². The summed E-state index contributed by atoms with van der Waals surface area (Å²) in [6.07, 6.45) is 2.94. The van der Waals surface area contributed by atoms with Gasteiger partial charge in [0.05, 0.1) is 13.2 Å². The van der Waals surface area contributed by atoms with Gasteiger partial charge >= 0.3 is 0 Å². The summed E-state index contributed by atoms with van der Waals surface area (Å²) in [5.74, 6) is 1.82. The zero-order valence-corrected chi connectivity index (χ0v) is 26.3. The Morgan fingerprint density at radius 1 is 0.830 bits per heavy atom. The zero-order valence-electron chi connectivity index (χ0n) is 26.3. The number of rotatable bonds is 8. The average molecular weight is 631 g/mol. The van der Waals surface area contributed by atoms with Crippen LogP contribution in [0.5, 0.6) is 11.5 Å². The molecule has 0 aromatic heterocycles. The Balaban J connectivity index is 0.995. The third kappa shape index (κ3) is 6.12. The topological polar surface area (TPSA) is 80.7 Å². The van der Waals surface area contributed by atoms with Crippen molar-refractivity contribution in [3.05, 3.63) is 130 Å². The lowest BCUT2D eigenvalue weighted by Crippen LogP contribution is -2.49. The third-order valence-electron chi connectivity index (χ3n) is 9.70. The molecule has 47 heavy (non-hydrogen) atoms. The molecule has 2 atom stereocenters. The van der Waals surface area contributed by atoms with Gasteiger partial charge in [-0.1, -0.05) is 72.8 Å². The van der Waals surface area contributed by atoms with Crippen LogP contribution in [0.15, 0.2) is 96.8 Å². The van der Waals surface area contributed by atoms with Crippen LogP contribution in [-0.2, 0) is 40.4 Å². The van der Waals surface area contributed by atoms with Crippen LogP contribution in [0.2, 0.25) is 0 Å².